The molecule has 0 aromatic heterocycles. The quantitative estimate of drug-likeness (QED) is 0.759. The fourth-order valence-corrected chi connectivity index (χ4v) is 4.35. The van der Waals surface area contributed by atoms with Crippen molar-refractivity contribution < 1.29 is 4.74 Å². The predicted octanol–water partition coefficient (Wildman–Crippen LogP) is 4.06. The van der Waals surface area contributed by atoms with Crippen molar-refractivity contribution >= 4 is 0 Å². The van der Waals surface area contributed by atoms with Gasteiger partial charge in [-0.2, -0.15) is 0 Å². The van der Waals surface area contributed by atoms with E-state index in [2.05, 4.69) is 41.8 Å². The van der Waals surface area contributed by atoms with Crippen LogP contribution >= 0.6 is 0 Å². The molecule has 0 bridgehead atoms. The molecular weight excluding hydrogens is 270 g/mol. The average Bonchev–Trinajstić information content (AvgIpc) is 3.29. The molecule has 4 rings (SSSR count). The van der Waals surface area contributed by atoms with Crippen molar-refractivity contribution in [2.24, 2.45) is 5.92 Å². The van der Waals surface area contributed by atoms with Gasteiger partial charge in [0.25, 0.3) is 0 Å². The number of hydrogen-bond acceptors (Lipinski definition) is 2. The molecular formula is C20H25NO. The van der Waals surface area contributed by atoms with Gasteiger partial charge < -0.3 is 9.64 Å². The maximum atomic E-state index is 5.49. The molecule has 0 amide bonds. The molecule has 0 N–H and O–H groups in total. The topological polar surface area (TPSA) is 12.5 Å². The van der Waals surface area contributed by atoms with Crippen LogP contribution in [0.4, 0.5) is 0 Å². The Balaban J connectivity index is 1.76. The number of ether oxygens (including phenoxy) is 1. The Bertz CT molecular complexity index is 629. The fourth-order valence-electron chi connectivity index (χ4n) is 4.35. The minimum absolute atomic E-state index is 0.138. The molecule has 1 saturated carbocycles. The van der Waals surface area contributed by atoms with Crippen LogP contribution in [0.2, 0.25) is 0 Å². The van der Waals surface area contributed by atoms with E-state index in [0.717, 1.165) is 24.5 Å². The van der Waals surface area contributed by atoms with E-state index >= 15 is 0 Å². The molecule has 0 spiro atoms. The molecule has 1 aliphatic heterocycles. The summed E-state index contributed by atoms with van der Waals surface area (Å²) in [7, 11) is 1.76. The molecule has 1 aromatic rings. The lowest BCUT2D eigenvalue weighted by molar-refractivity contribution is 0.362. The summed E-state index contributed by atoms with van der Waals surface area (Å²) in [6.45, 7) is 6.49. The lowest BCUT2D eigenvalue weighted by Gasteiger charge is -2.37. The van der Waals surface area contributed by atoms with Crippen molar-refractivity contribution in [2.75, 3.05) is 20.2 Å². The first kappa shape index (κ1) is 13.9. The number of methoxy groups -OCH3 is 1. The maximum absolute atomic E-state index is 5.49. The number of benzene rings is 1. The zero-order chi connectivity index (χ0) is 15.2. The minimum Gasteiger partial charge on any atom is -0.497 e. The molecule has 2 nitrogen and oxygen atoms in total. The highest BCUT2D eigenvalue weighted by Crippen LogP contribution is 2.51. The van der Waals surface area contributed by atoms with Crippen molar-refractivity contribution in [1.82, 2.24) is 4.90 Å². The van der Waals surface area contributed by atoms with Crippen molar-refractivity contribution in [3.63, 3.8) is 0 Å². The Morgan fingerprint density at radius 3 is 3.00 bits per heavy atom. The van der Waals surface area contributed by atoms with Gasteiger partial charge >= 0.3 is 0 Å². The largest absolute Gasteiger partial charge is 0.497 e. The normalized spacial score (nSPS) is 26.2. The zero-order valence-electron chi connectivity index (χ0n) is 13.5. The van der Waals surface area contributed by atoms with Gasteiger partial charge in [0.1, 0.15) is 5.75 Å². The van der Waals surface area contributed by atoms with Gasteiger partial charge in [-0.15, -0.1) is 6.58 Å². The standard InChI is InChI=1S/C20H25NO/c1-3-10-20-11-12-21(14-15-4-5-15)19(20)9-7-16-6-8-17(22-2)13-18(16)20/h3,6,8-9,13,15H,1,4-5,7,10-12,14H2,2H3. The SMILES string of the molecule is C=CCC12CCN(CC3CC3)C1=CCc1ccc(OC)cc12. The van der Waals surface area contributed by atoms with Gasteiger partial charge in [-0.1, -0.05) is 18.2 Å². The highest BCUT2D eigenvalue weighted by atomic mass is 16.5. The number of nitrogens with zero attached hydrogens (tertiary/aromatic N) is 1. The van der Waals surface area contributed by atoms with Crippen LogP contribution in [0.1, 0.15) is 36.8 Å². The van der Waals surface area contributed by atoms with Crippen molar-refractivity contribution in [3.05, 3.63) is 53.8 Å². The first-order valence-corrected chi connectivity index (χ1v) is 8.51. The highest BCUT2D eigenvalue weighted by Gasteiger charge is 2.46. The summed E-state index contributed by atoms with van der Waals surface area (Å²) in [5.41, 5.74) is 4.63. The van der Waals surface area contributed by atoms with Gasteiger partial charge in [-0.25, -0.2) is 0 Å². The molecule has 2 aliphatic carbocycles. The number of fused-ring (bicyclic) bond motifs is 3. The second-order valence-electron chi connectivity index (χ2n) is 7.03. The maximum Gasteiger partial charge on any atom is 0.119 e. The first-order valence-electron chi connectivity index (χ1n) is 8.51. The number of rotatable bonds is 5. The fraction of sp³-hybridized carbons (Fsp3) is 0.500. The van der Waals surface area contributed by atoms with E-state index < -0.39 is 0 Å². The van der Waals surface area contributed by atoms with E-state index in [-0.39, 0.29) is 5.41 Å². The van der Waals surface area contributed by atoms with Gasteiger partial charge in [0.05, 0.1) is 7.11 Å². The molecule has 1 saturated heterocycles. The zero-order valence-corrected chi connectivity index (χ0v) is 13.5. The third kappa shape index (κ3) is 2.08. The van der Waals surface area contributed by atoms with Crippen LogP contribution in [0, 0.1) is 5.92 Å². The number of hydrogen-bond donors (Lipinski definition) is 0. The third-order valence-electron chi connectivity index (χ3n) is 5.66. The van der Waals surface area contributed by atoms with Crippen LogP contribution in [0.5, 0.6) is 5.75 Å². The van der Waals surface area contributed by atoms with Crippen LogP contribution in [0.3, 0.4) is 0 Å². The first-order chi connectivity index (χ1) is 10.8. The summed E-state index contributed by atoms with van der Waals surface area (Å²) in [5, 5.41) is 0. The van der Waals surface area contributed by atoms with E-state index in [1.54, 1.807) is 12.8 Å². The van der Waals surface area contributed by atoms with Crippen LogP contribution in [0.25, 0.3) is 0 Å². The summed E-state index contributed by atoms with van der Waals surface area (Å²) in [6, 6.07) is 6.61. The molecule has 1 atom stereocenters. The molecule has 1 aromatic carbocycles. The molecule has 1 unspecified atom stereocenters. The Labute approximate surface area is 133 Å². The number of allylic oxidation sites excluding steroid dienone is 3. The lowest BCUT2D eigenvalue weighted by Crippen LogP contribution is -2.33. The molecule has 0 radical (unpaired) electrons. The van der Waals surface area contributed by atoms with E-state index in [1.807, 2.05) is 0 Å². The Morgan fingerprint density at radius 1 is 1.41 bits per heavy atom. The lowest BCUT2D eigenvalue weighted by atomic mass is 9.69. The van der Waals surface area contributed by atoms with Crippen LogP contribution in [0.15, 0.2) is 42.6 Å². The summed E-state index contributed by atoms with van der Waals surface area (Å²) >= 11 is 0. The summed E-state index contributed by atoms with van der Waals surface area (Å²) in [4.78, 5) is 2.66. The molecule has 2 fully saturated rings. The Hall–Kier alpha value is -1.70. The van der Waals surface area contributed by atoms with Crippen LogP contribution in [-0.2, 0) is 11.8 Å². The molecule has 3 aliphatic rings. The van der Waals surface area contributed by atoms with Crippen molar-refractivity contribution in [3.8, 4) is 5.75 Å². The predicted molar refractivity (Wildman–Crippen MR) is 90.2 cm³/mol. The highest BCUT2D eigenvalue weighted by molar-refractivity contribution is 5.51. The van der Waals surface area contributed by atoms with Gasteiger partial charge in [-0.3, -0.25) is 0 Å². The monoisotopic (exact) mass is 295 g/mol. The Morgan fingerprint density at radius 2 is 2.27 bits per heavy atom. The molecule has 116 valence electrons. The summed E-state index contributed by atoms with van der Waals surface area (Å²) < 4.78 is 5.49. The van der Waals surface area contributed by atoms with Gasteiger partial charge in [0, 0.05) is 24.2 Å². The minimum atomic E-state index is 0.138. The molecule has 22 heavy (non-hydrogen) atoms. The van der Waals surface area contributed by atoms with Gasteiger partial charge in [0.2, 0.25) is 0 Å². The smallest absolute Gasteiger partial charge is 0.119 e. The van der Waals surface area contributed by atoms with Crippen molar-refractivity contribution in [2.45, 2.75) is 37.5 Å². The van der Waals surface area contributed by atoms with E-state index in [1.165, 1.54) is 43.5 Å². The van der Waals surface area contributed by atoms with Crippen LogP contribution in [-0.4, -0.2) is 25.1 Å². The van der Waals surface area contributed by atoms with Gasteiger partial charge in [-0.05, 0) is 61.3 Å². The van der Waals surface area contributed by atoms with E-state index in [9.17, 15) is 0 Å². The van der Waals surface area contributed by atoms with Crippen LogP contribution < -0.4 is 4.74 Å². The second-order valence-corrected chi connectivity index (χ2v) is 7.03. The molecule has 1 heterocycles. The van der Waals surface area contributed by atoms with E-state index in [4.69, 9.17) is 4.74 Å². The second kappa shape index (κ2) is 5.19. The third-order valence-corrected chi connectivity index (χ3v) is 5.66. The van der Waals surface area contributed by atoms with E-state index in [0.29, 0.717) is 0 Å². The summed E-state index contributed by atoms with van der Waals surface area (Å²) in [5.74, 6) is 1.91. The molecule has 2 heteroatoms. The number of likely N-dealkylation sites (tertiary alicyclic amines) is 1. The summed E-state index contributed by atoms with van der Waals surface area (Å²) in [6.07, 6.45) is 10.7. The average molecular weight is 295 g/mol. The van der Waals surface area contributed by atoms with Crippen molar-refractivity contribution in [1.29, 1.82) is 0 Å². The Kier molecular flexibility index (Phi) is 3.28. The van der Waals surface area contributed by atoms with Gasteiger partial charge in [0.15, 0.2) is 0 Å².